The van der Waals surface area contributed by atoms with Gasteiger partial charge in [-0.2, -0.15) is 0 Å². The summed E-state index contributed by atoms with van der Waals surface area (Å²) in [5.74, 6) is 0.602. The molecule has 1 aromatic carbocycles. The van der Waals surface area contributed by atoms with Gasteiger partial charge >= 0.3 is 0 Å². The summed E-state index contributed by atoms with van der Waals surface area (Å²) in [6.07, 6.45) is 8.23. The zero-order valence-corrected chi connectivity index (χ0v) is 17.2. The van der Waals surface area contributed by atoms with Gasteiger partial charge in [-0.15, -0.1) is 12.4 Å². The largest absolute Gasteiger partial charge is 0.489 e. The van der Waals surface area contributed by atoms with Gasteiger partial charge in [0.15, 0.2) is 0 Å². The van der Waals surface area contributed by atoms with Gasteiger partial charge in [-0.1, -0.05) is 30.9 Å². The van der Waals surface area contributed by atoms with Gasteiger partial charge in [-0.25, -0.2) is 0 Å². The van der Waals surface area contributed by atoms with Gasteiger partial charge in [0, 0.05) is 18.1 Å². The van der Waals surface area contributed by atoms with Crippen molar-refractivity contribution in [2.24, 2.45) is 11.1 Å². The third kappa shape index (κ3) is 6.24. The predicted molar refractivity (Wildman–Crippen MR) is 111 cm³/mol. The van der Waals surface area contributed by atoms with Crippen LogP contribution in [0.1, 0.15) is 51.4 Å². The number of anilines is 1. The molecule has 0 aromatic heterocycles. The van der Waals surface area contributed by atoms with Crippen molar-refractivity contribution in [1.82, 2.24) is 0 Å². The molecule has 2 aliphatic rings. The monoisotopic (exact) mass is 416 g/mol. The van der Waals surface area contributed by atoms with E-state index in [1.165, 1.54) is 6.42 Å². The summed E-state index contributed by atoms with van der Waals surface area (Å²) >= 11 is 6.12. The van der Waals surface area contributed by atoms with Crippen LogP contribution in [0.25, 0.3) is 0 Å². The molecule has 27 heavy (non-hydrogen) atoms. The van der Waals surface area contributed by atoms with E-state index >= 15 is 0 Å². The molecule has 1 heterocycles. The predicted octanol–water partition coefficient (Wildman–Crippen LogP) is 4.56. The van der Waals surface area contributed by atoms with E-state index in [1.54, 1.807) is 18.2 Å². The van der Waals surface area contributed by atoms with Gasteiger partial charge in [0.2, 0.25) is 5.91 Å². The fraction of sp³-hybridized carbons (Fsp3) is 0.650. The molecule has 2 fully saturated rings. The highest BCUT2D eigenvalue weighted by Crippen LogP contribution is 2.39. The fourth-order valence-electron chi connectivity index (χ4n) is 3.97. The van der Waals surface area contributed by atoms with E-state index in [4.69, 9.17) is 26.8 Å². The summed E-state index contributed by atoms with van der Waals surface area (Å²) in [7, 11) is 0. The van der Waals surface area contributed by atoms with Crippen LogP contribution in [0, 0.1) is 5.41 Å². The molecule has 1 atom stereocenters. The Morgan fingerprint density at radius 1 is 1.30 bits per heavy atom. The summed E-state index contributed by atoms with van der Waals surface area (Å²) in [5.41, 5.74) is 6.56. The van der Waals surface area contributed by atoms with Crippen LogP contribution in [-0.4, -0.2) is 31.8 Å². The maximum atomic E-state index is 12.7. The highest BCUT2D eigenvalue weighted by molar-refractivity contribution is 6.31. The average Bonchev–Trinajstić information content (AvgIpc) is 3.15. The Balaban J connectivity index is 0.00000261. The quantitative estimate of drug-likeness (QED) is 0.682. The Morgan fingerprint density at radius 3 is 2.74 bits per heavy atom. The lowest BCUT2D eigenvalue weighted by Crippen LogP contribution is -2.36. The summed E-state index contributed by atoms with van der Waals surface area (Å²) in [4.78, 5) is 12.7. The van der Waals surface area contributed by atoms with Gasteiger partial charge in [-0.3, -0.25) is 4.79 Å². The third-order valence-corrected chi connectivity index (χ3v) is 5.78. The number of benzene rings is 1. The van der Waals surface area contributed by atoms with Crippen LogP contribution in [0.5, 0.6) is 5.75 Å². The molecule has 1 amide bonds. The number of amides is 1. The standard InChI is InChI=1S/C20H29ClN2O3.ClH/c21-15-6-7-18(26-13-16-5-4-10-25-16)17(11-15)23-19(24)12-20(14-22)8-2-1-3-9-20;/h6-7,11,16H,1-5,8-10,12-14,22H2,(H,23,24);1H. The van der Waals surface area contributed by atoms with Crippen molar-refractivity contribution in [2.75, 3.05) is 25.1 Å². The van der Waals surface area contributed by atoms with Crippen molar-refractivity contribution < 1.29 is 14.3 Å². The molecular formula is C20H30Cl2N2O3. The minimum atomic E-state index is -0.0698. The van der Waals surface area contributed by atoms with Crippen molar-refractivity contribution in [3.05, 3.63) is 23.2 Å². The number of carbonyl (C=O) groups excluding carboxylic acids is 1. The van der Waals surface area contributed by atoms with Crippen LogP contribution < -0.4 is 15.8 Å². The smallest absolute Gasteiger partial charge is 0.225 e. The Kier molecular flexibility index (Phi) is 8.67. The molecule has 0 bridgehead atoms. The highest BCUT2D eigenvalue weighted by atomic mass is 35.5. The lowest BCUT2D eigenvalue weighted by Gasteiger charge is -2.35. The summed E-state index contributed by atoms with van der Waals surface area (Å²) < 4.78 is 11.5. The topological polar surface area (TPSA) is 73.6 Å². The number of ether oxygens (including phenoxy) is 2. The first-order valence-corrected chi connectivity index (χ1v) is 10.0. The number of nitrogens with one attached hydrogen (secondary N) is 1. The molecule has 5 nitrogen and oxygen atoms in total. The summed E-state index contributed by atoms with van der Waals surface area (Å²) in [5, 5.41) is 3.55. The molecule has 1 saturated carbocycles. The van der Waals surface area contributed by atoms with Gasteiger partial charge in [0.05, 0.1) is 11.8 Å². The second-order valence-electron chi connectivity index (χ2n) is 7.58. The Morgan fingerprint density at radius 2 is 2.07 bits per heavy atom. The number of halogens is 2. The van der Waals surface area contributed by atoms with Crippen LogP contribution in [0.15, 0.2) is 18.2 Å². The van der Waals surface area contributed by atoms with Crippen LogP contribution in [0.3, 0.4) is 0 Å². The van der Waals surface area contributed by atoms with Gasteiger partial charge in [-0.05, 0) is 55.8 Å². The Bertz CT molecular complexity index is 615. The van der Waals surface area contributed by atoms with E-state index < -0.39 is 0 Å². The van der Waals surface area contributed by atoms with Crippen LogP contribution >= 0.6 is 24.0 Å². The first kappa shape index (κ1) is 22.3. The molecule has 7 heteroatoms. The lowest BCUT2D eigenvalue weighted by atomic mass is 9.71. The van der Waals surface area contributed by atoms with Gasteiger partial charge in [0.25, 0.3) is 0 Å². The Labute approximate surface area is 172 Å². The third-order valence-electron chi connectivity index (χ3n) is 5.55. The van der Waals surface area contributed by atoms with E-state index in [-0.39, 0.29) is 29.8 Å². The lowest BCUT2D eigenvalue weighted by molar-refractivity contribution is -0.118. The number of hydrogen-bond donors (Lipinski definition) is 2. The molecule has 1 unspecified atom stereocenters. The van der Waals surface area contributed by atoms with Crippen molar-refractivity contribution in [3.8, 4) is 5.75 Å². The van der Waals surface area contributed by atoms with E-state index in [9.17, 15) is 4.79 Å². The van der Waals surface area contributed by atoms with E-state index in [0.717, 1.165) is 45.1 Å². The normalized spacial score (nSPS) is 21.3. The molecule has 1 aromatic rings. The van der Waals surface area contributed by atoms with Gasteiger partial charge in [0.1, 0.15) is 12.4 Å². The van der Waals surface area contributed by atoms with E-state index in [0.29, 0.717) is 36.0 Å². The average molecular weight is 417 g/mol. The van der Waals surface area contributed by atoms with Crippen molar-refractivity contribution >= 4 is 35.6 Å². The zero-order valence-electron chi connectivity index (χ0n) is 15.7. The summed E-state index contributed by atoms with van der Waals surface area (Å²) in [6, 6.07) is 5.30. The van der Waals surface area contributed by atoms with E-state index in [2.05, 4.69) is 5.32 Å². The fourth-order valence-corrected chi connectivity index (χ4v) is 4.15. The molecule has 1 saturated heterocycles. The molecule has 0 spiro atoms. The number of carbonyl (C=O) groups is 1. The molecular weight excluding hydrogens is 387 g/mol. The number of nitrogens with two attached hydrogens (primary N) is 1. The molecule has 1 aliphatic carbocycles. The van der Waals surface area contributed by atoms with Crippen LogP contribution in [0.4, 0.5) is 5.69 Å². The second kappa shape index (κ2) is 10.5. The SMILES string of the molecule is Cl.NCC1(CC(=O)Nc2cc(Cl)ccc2OCC2CCCO2)CCCCC1. The maximum Gasteiger partial charge on any atom is 0.225 e. The Hall–Kier alpha value is -1.01. The molecule has 1 aliphatic heterocycles. The first-order valence-electron chi connectivity index (χ1n) is 9.64. The highest BCUT2D eigenvalue weighted by Gasteiger charge is 2.33. The molecule has 152 valence electrons. The van der Waals surface area contributed by atoms with Crippen molar-refractivity contribution in [3.63, 3.8) is 0 Å². The summed E-state index contributed by atoms with van der Waals surface area (Å²) in [6.45, 7) is 1.83. The zero-order chi connectivity index (χ0) is 18.4. The molecule has 3 N–H and O–H groups in total. The van der Waals surface area contributed by atoms with Crippen LogP contribution in [0.2, 0.25) is 5.02 Å². The number of rotatable bonds is 7. The molecule has 3 rings (SSSR count). The van der Waals surface area contributed by atoms with Gasteiger partial charge < -0.3 is 20.5 Å². The molecule has 0 radical (unpaired) electrons. The maximum absolute atomic E-state index is 12.7. The van der Waals surface area contributed by atoms with Crippen LogP contribution in [-0.2, 0) is 9.53 Å². The van der Waals surface area contributed by atoms with Crippen molar-refractivity contribution in [1.29, 1.82) is 0 Å². The van der Waals surface area contributed by atoms with E-state index in [1.807, 2.05) is 0 Å². The minimum Gasteiger partial charge on any atom is -0.489 e. The second-order valence-corrected chi connectivity index (χ2v) is 8.01. The minimum absolute atomic E-state index is 0. The number of hydrogen-bond acceptors (Lipinski definition) is 4. The first-order chi connectivity index (χ1) is 12.6. The van der Waals surface area contributed by atoms with Crippen molar-refractivity contribution in [2.45, 2.75) is 57.5 Å².